The highest BCUT2D eigenvalue weighted by molar-refractivity contribution is 6.32. The van der Waals surface area contributed by atoms with Crippen molar-refractivity contribution in [1.29, 1.82) is 0 Å². The second kappa shape index (κ2) is 6.91. The van der Waals surface area contributed by atoms with Gasteiger partial charge < -0.3 is 9.64 Å². The van der Waals surface area contributed by atoms with Crippen LogP contribution in [0.1, 0.15) is 21.8 Å². The molecule has 0 aliphatic carbocycles. The van der Waals surface area contributed by atoms with Crippen molar-refractivity contribution in [2.75, 3.05) is 27.2 Å². The predicted molar refractivity (Wildman–Crippen MR) is 92.5 cm³/mol. The van der Waals surface area contributed by atoms with Crippen molar-refractivity contribution in [3.05, 3.63) is 64.4 Å². The maximum atomic E-state index is 13.1. The van der Waals surface area contributed by atoms with Gasteiger partial charge in [-0.1, -0.05) is 17.7 Å². The first-order valence-corrected chi connectivity index (χ1v) is 8.19. The number of Topliss-reactive ketones (excluding diaryl/α,β-unsaturated/α-hetero) is 1. The fourth-order valence-corrected chi connectivity index (χ4v) is 3.61. The first-order valence-electron chi connectivity index (χ1n) is 7.81. The van der Waals surface area contributed by atoms with E-state index >= 15 is 0 Å². The molecule has 3 nitrogen and oxygen atoms in total. The third-order valence-electron chi connectivity index (χ3n) is 4.57. The molecule has 0 N–H and O–H groups in total. The number of hydrogen-bond donors (Lipinski definition) is 0. The van der Waals surface area contributed by atoms with E-state index in [2.05, 4.69) is 4.90 Å². The molecule has 126 valence electrons. The van der Waals surface area contributed by atoms with Gasteiger partial charge in [-0.15, -0.1) is 0 Å². The Morgan fingerprint density at radius 1 is 1.21 bits per heavy atom. The number of rotatable bonds is 4. The van der Waals surface area contributed by atoms with Crippen molar-refractivity contribution in [3.8, 4) is 5.75 Å². The van der Waals surface area contributed by atoms with E-state index in [0.717, 1.165) is 12.1 Å². The molecule has 0 amide bonds. The molecule has 0 saturated carbocycles. The number of likely N-dealkylation sites (N-methyl/N-ethyl adjacent to an activating group) is 1. The van der Waals surface area contributed by atoms with Crippen LogP contribution < -0.4 is 4.74 Å². The molecule has 0 spiro atoms. The molecule has 1 fully saturated rings. The summed E-state index contributed by atoms with van der Waals surface area (Å²) in [4.78, 5) is 15.0. The van der Waals surface area contributed by atoms with Crippen LogP contribution in [-0.2, 0) is 0 Å². The smallest absolute Gasteiger partial charge is 0.167 e. The first kappa shape index (κ1) is 16.9. The average molecular weight is 348 g/mol. The Labute approximate surface area is 146 Å². The van der Waals surface area contributed by atoms with Gasteiger partial charge >= 0.3 is 0 Å². The van der Waals surface area contributed by atoms with Gasteiger partial charge in [-0.25, -0.2) is 4.39 Å². The summed E-state index contributed by atoms with van der Waals surface area (Å²) in [5.41, 5.74) is 1.56. The van der Waals surface area contributed by atoms with Crippen LogP contribution in [0.2, 0.25) is 5.02 Å². The Hall–Kier alpha value is -1.91. The Bertz CT molecular complexity index is 748. The highest BCUT2D eigenvalue weighted by Crippen LogP contribution is 2.37. The standard InChI is InChI=1S/C19H19ClFNO2/c1-22-10-15(13-5-8-18(24-2)17(20)9-13)16(11-22)19(23)12-3-6-14(21)7-4-12/h3-9,15-16H,10-11H2,1-2H3/t15-,16+/m1/s1. The summed E-state index contributed by atoms with van der Waals surface area (Å²) in [6, 6.07) is 11.4. The quantitative estimate of drug-likeness (QED) is 0.782. The van der Waals surface area contributed by atoms with E-state index < -0.39 is 0 Å². The number of halogens is 2. The van der Waals surface area contributed by atoms with Crippen molar-refractivity contribution < 1.29 is 13.9 Å². The van der Waals surface area contributed by atoms with Crippen molar-refractivity contribution >= 4 is 17.4 Å². The fourth-order valence-electron chi connectivity index (χ4n) is 3.35. The SMILES string of the molecule is COc1ccc([C@H]2CN(C)C[C@@H]2C(=O)c2ccc(F)cc2)cc1Cl. The molecule has 2 aromatic carbocycles. The summed E-state index contributed by atoms with van der Waals surface area (Å²) in [6.07, 6.45) is 0. The van der Waals surface area contributed by atoms with E-state index in [4.69, 9.17) is 16.3 Å². The molecule has 1 saturated heterocycles. The molecule has 1 aliphatic rings. The summed E-state index contributed by atoms with van der Waals surface area (Å²) in [5.74, 6) is 0.193. The minimum absolute atomic E-state index is 0.0382. The van der Waals surface area contributed by atoms with Crippen LogP contribution >= 0.6 is 11.6 Å². The predicted octanol–water partition coefficient (Wildman–Crippen LogP) is 4.02. The minimum atomic E-state index is -0.339. The number of hydrogen-bond acceptors (Lipinski definition) is 3. The van der Waals surface area contributed by atoms with Gasteiger partial charge in [0.1, 0.15) is 11.6 Å². The molecule has 0 bridgehead atoms. The summed E-state index contributed by atoms with van der Waals surface area (Å²) >= 11 is 6.24. The Morgan fingerprint density at radius 3 is 2.54 bits per heavy atom. The molecule has 2 atom stereocenters. The zero-order chi connectivity index (χ0) is 17.3. The molecule has 1 heterocycles. The van der Waals surface area contributed by atoms with Gasteiger partial charge in [0.25, 0.3) is 0 Å². The van der Waals surface area contributed by atoms with Gasteiger partial charge in [-0.3, -0.25) is 4.79 Å². The largest absolute Gasteiger partial charge is 0.495 e. The van der Waals surface area contributed by atoms with Crippen LogP contribution in [0.3, 0.4) is 0 Å². The van der Waals surface area contributed by atoms with Crippen LogP contribution in [0.5, 0.6) is 5.75 Å². The molecule has 3 rings (SSSR count). The lowest BCUT2D eigenvalue weighted by molar-refractivity contribution is 0.0915. The molecular formula is C19H19ClFNO2. The second-order valence-corrected chi connectivity index (χ2v) is 6.61. The van der Waals surface area contributed by atoms with E-state index in [9.17, 15) is 9.18 Å². The van der Waals surface area contributed by atoms with E-state index in [0.29, 0.717) is 22.9 Å². The van der Waals surface area contributed by atoms with Crippen LogP contribution in [0.15, 0.2) is 42.5 Å². The van der Waals surface area contributed by atoms with E-state index in [1.165, 1.54) is 12.1 Å². The lowest BCUT2D eigenvalue weighted by Gasteiger charge is -2.19. The van der Waals surface area contributed by atoms with Crippen LogP contribution in [-0.4, -0.2) is 37.9 Å². The minimum Gasteiger partial charge on any atom is -0.495 e. The van der Waals surface area contributed by atoms with Gasteiger partial charge in [0.15, 0.2) is 5.78 Å². The lowest BCUT2D eigenvalue weighted by atomic mass is 9.84. The molecule has 0 radical (unpaired) electrons. The Kier molecular flexibility index (Phi) is 4.88. The first-order chi connectivity index (χ1) is 11.5. The van der Waals surface area contributed by atoms with Gasteiger partial charge in [0, 0.05) is 30.5 Å². The van der Waals surface area contributed by atoms with Crippen molar-refractivity contribution in [1.82, 2.24) is 4.90 Å². The third-order valence-corrected chi connectivity index (χ3v) is 4.87. The van der Waals surface area contributed by atoms with Gasteiger partial charge in [-0.05, 0) is 49.0 Å². The number of ether oxygens (including phenoxy) is 1. The highest BCUT2D eigenvalue weighted by Gasteiger charge is 2.37. The van der Waals surface area contributed by atoms with E-state index in [-0.39, 0.29) is 23.4 Å². The highest BCUT2D eigenvalue weighted by atomic mass is 35.5. The van der Waals surface area contributed by atoms with E-state index in [1.54, 1.807) is 19.2 Å². The zero-order valence-electron chi connectivity index (χ0n) is 13.6. The number of carbonyl (C=O) groups is 1. The lowest BCUT2D eigenvalue weighted by Crippen LogP contribution is -2.22. The molecule has 2 aromatic rings. The molecular weight excluding hydrogens is 329 g/mol. The van der Waals surface area contributed by atoms with Crippen LogP contribution in [0, 0.1) is 11.7 Å². The molecule has 5 heteroatoms. The maximum absolute atomic E-state index is 13.1. The Balaban J connectivity index is 1.90. The average Bonchev–Trinajstić information content (AvgIpc) is 2.96. The summed E-state index contributed by atoms with van der Waals surface area (Å²) in [7, 11) is 3.57. The second-order valence-electron chi connectivity index (χ2n) is 6.20. The monoisotopic (exact) mass is 347 g/mol. The molecule has 24 heavy (non-hydrogen) atoms. The number of methoxy groups -OCH3 is 1. The number of benzene rings is 2. The van der Waals surface area contributed by atoms with Gasteiger partial charge in [0.2, 0.25) is 0 Å². The fraction of sp³-hybridized carbons (Fsp3) is 0.316. The van der Waals surface area contributed by atoms with Crippen LogP contribution in [0.25, 0.3) is 0 Å². The normalized spacial score (nSPS) is 21.0. The molecule has 0 unspecified atom stereocenters. The summed E-state index contributed by atoms with van der Waals surface area (Å²) in [6.45, 7) is 1.45. The third kappa shape index (κ3) is 3.30. The van der Waals surface area contributed by atoms with Gasteiger partial charge in [0.05, 0.1) is 12.1 Å². The van der Waals surface area contributed by atoms with Crippen molar-refractivity contribution in [2.24, 2.45) is 5.92 Å². The topological polar surface area (TPSA) is 29.5 Å². The maximum Gasteiger partial charge on any atom is 0.167 e. The van der Waals surface area contributed by atoms with Crippen LogP contribution in [0.4, 0.5) is 4.39 Å². The number of nitrogens with zero attached hydrogens (tertiary/aromatic N) is 1. The number of likely N-dealkylation sites (tertiary alicyclic amines) is 1. The number of ketones is 1. The Morgan fingerprint density at radius 2 is 1.92 bits per heavy atom. The van der Waals surface area contributed by atoms with Crippen molar-refractivity contribution in [3.63, 3.8) is 0 Å². The zero-order valence-corrected chi connectivity index (χ0v) is 14.4. The van der Waals surface area contributed by atoms with Gasteiger partial charge in [-0.2, -0.15) is 0 Å². The van der Waals surface area contributed by atoms with E-state index in [1.807, 2.05) is 25.2 Å². The van der Waals surface area contributed by atoms with Crippen molar-refractivity contribution in [2.45, 2.75) is 5.92 Å². The molecule has 1 aliphatic heterocycles. The summed E-state index contributed by atoms with van der Waals surface area (Å²) in [5, 5.41) is 0.539. The number of carbonyl (C=O) groups excluding carboxylic acids is 1. The summed E-state index contributed by atoms with van der Waals surface area (Å²) < 4.78 is 18.3. The molecule has 0 aromatic heterocycles.